The van der Waals surface area contributed by atoms with Crippen molar-refractivity contribution >= 4 is 18.0 Å². The number of carbonyl (C=O) groups is 2. The van der Waals surface area contributed by atoms with E-state index in [9.17, 15) is 24.2 Å². The number of rotatable bonds is 13. The van der Waals surface area contributed by atoms with E-state index in [4.69, 9.17) is 10.1 Å². The summed E-state index contributed by atoms with van der Waals surface area (Å²) in [6, 6.07) is 12.1. The van der Waals surface area contributed by atoms with Crippen LogP contribution < -0.4 is 5.32 Å². The lowest BCUT2D eigenvalue weighted by atomic mass is 9.86. The van der Waals surface area contributed by atoms with Gasteiger partial charge in [0.25, 0.3) is 5.91 Å². The molecule has 0 radical (unpaired) electrons. The molecule has 1 amide bonds. The average Bonchev–Trinajstić information content (AvgIpc) is 3.16. The first-order valence-corrected chi connectivity index (χ1v) is 15.6. The Bertz CT molecular complexity index is 1530. The number of fused-ring (bicyclic) bond motifs is 3. The number of nitrogens with zero attached hydrogens (tertiary/aromatic N) is 2. The number of hydrogen-bond acceptors (Lipinski definition) is 6. The van der Waals surface area contributed by atoms with Gasteiger partial charge in [-0.25, -0.2) is 4.39 Å². The van der Waals surface area contributed by atoms with Crippen LogP contribution >= 0.6 is 0 Å². The Morgan fingerprint density at radius 1 is 1.09 bits per heavy atom. The van der Waals surface area contributed by atoms with Gasteiger partial charge in [0.1, 0.15) is 5.82 Å². The number of amides is 1. The number of carboxylic acids is 1. The minimum absolute atomic E-state index is 0.0113. The van der Waals surface area contributed by atoms with E-state index >= 15 is 0 Å². The summed E-state index contributed by atoms with van der Waals surface area (Å²) in [7, 11) is 4.01. The molecule has 2 aromatic carbocycles. The van der Waals surface area contributed by atoms with Crippen LogP contribution in [0.1, 0.15) is 78.2 Å². The molecule has 1 aliphatic rings. The highest BCUT2D eigenvalue weighted by Crippen LogP contribution is 2.42. The summed E-state index contributed by atoms with van der Waals surface area (Å²) in [5, 5.41) is 32.7. The fourth-order valence-electron chi connectivity index (χ4n) is 5.86. The van der Waals surface area contributed by atoms with Crippen molar-refractivity contribution in [2.24, 2.45) is 0 Å². The van der Waals surface area contributed by atoms with Gasteiger partial charge in [-0.05, 0) is 98.8 Å². The molecule has 0 spiro atoms. The van der Waals surface area contributed by atoms with Crippen molar-refractivity contribution in [2.45, 2.75) is 70.5 Å². The zero-order chi connectivity index (χ0) is 32.7. The number of hydrogen-bond donors (Lipinski definition) is 4. The fourth-order valence-corrected chi connectivity index (χ4v) is 5.86. The van der Waals surface area contributed by atoms with Crippen LogP contribution in [0.15, 0.2) is 48.5 Å². The summed E-state index contributed by atoms with van der Waals surface area (Å²) in [5.74, 6) is -1.60. The van der Waals surface area contributed by atoms with Crippen LogP contribution in [0.3, 0.4) is 0 Å². The van der Waals surface area contributed by atoms with Gasteiger partial charge in [-0.15, -0.1) is 0 Å². The van der Waals surface area contributed by atoms with Crippen molar-refractivity contribution in [2.75, 3.05) is 27.2 Å². The number of aliphatic hydroxyl groups is 2. The van der Waals surface area contributed by atoms with E-state index in [0.29, 0.717) is 18.5 Å². The number of aliphatic hydroxyl groups excluding tert-OH is 2. The second kappa shape index (κ2) is 15.4. The van der Waals surface area contributed by atoms with Gasteiger partial charge >= 0.3 is 5.97 Å². The van der Waals surface area contributed by atoms with Gasteiger partial charge in [0.15, 0.2) is 0 Å². The Balaban J connectivity index is 1.79. The van der Waals surface area contributed by atoms with Crippen LogP contribution in [0.5, 0.6) is 0 Å². The molecular weight excluding hydrogens is 573 g/mol. The van der Waals surface area contributed by atoms with Crippen molar-refractivity contribution < 1.29 is 29.3 Å². The lowest BCUT2D eigenvalue weighted by Crippen LogP contribution is -2.27. The van der Waals surface area contributed by atoms with E-state index in [1.165, 1.54) is 12.1 Å². The summed E-state index contributed by atoms with van der Waals surface area (Å²) in [6.45, 7) is 5.56. The molecule has 0 fully saturated rings. The van der Waals surface area contributed by atoms with E-state index in [1.54, 1.807) is 24.3 Å². The molecule has 8 nitrogen and oxygen atoms in total. The number of carbonyl (C=O) groups excluding carboxylic acids is 1. The maximum absolute atomic E-state index is 14.1. The Morgan fingerprint density at radius 3 is 2.49 bits per heavy atom. The van der Waals surface area contributed by atoms with E-state index in [2.05, 4.69) is 10.2 Å². The number of aromatic nitrogens is 1. The molecule has 9 heteroatoms. The summed E-state index contributed by atoms with van der Waals surface area (Å²) in [6.07, 6.45) is 3.65. The second-order valence-electron chi connectivity index (χ2n) is 12.3. The summed E-state index contributed by atoms with van der Waals surface area (Å²) >= 11 is 0. The number of halogens is 1. The van der Waals surface area contributed by atoms with Crippen LogP contribution in [0.25, 0.3) is 28.5 Å². The zero-order valence-electron chi connectivity index (χ0n) is 26.5. The normalized spacial score (nSPS) is 14.2. The molecule has 0 unspecified atom stereocenters. The number of nitrogens with one attached hydrogen (secondary N) is 1. The molecule has 1 heterocycles. The smallest absolute Gasteiger partial charge is 0.305 e. The molecular formula is C36H44FN3O5. The van der Waals surface area contributed by atoms with E-state index in [0.717, 1.165) is 70.6 Å². The molecule has 1 aliphatic carbocycles. The lowest BCUT2D eigenvalue weighted by molar-refractivity contribution is -0.139. The molecule has 0 bridgehead atoms. The molecule has 0 aliphatic heterocycles. The van der Waals surface area contributed by atoms with Gasteiger partial charge in [0.2, 0.25) is 0 Å². The van der Waals surface area contributed by atoms with Gasteiger partial charge in [-0.1, -0.05) is 44.2 Å². The molecule has 45 heavy (non-hydrogen) atoms. The predicted octanol–water partition coefficient (Wildman–Crippen LogP) is 5.45. The topological polar surface area (TPSA) is 123 Å². The zero-order valence-corrected chi connectivity index (χ0v) is 26.5. The van der Waals surface area contributed by atoms with Crippen molar-refractivity contribution in [3.05, 3.63) is 82.3 Å². The SMILES string of the molecule is CC(C)c1nc2c(c(-c3ccc(F)cc3)c1C=C[C@@H](O)C[C@@H](O)CC(=O)O)CCCc1cc(C(=O)NCCCN(C)C)ccc1-2. The van der Waals surface area contributed by atoms with Crippen LogP contribution in [0.2, 0.25) is 0 Å². The van der Waals surface area contributed by atoms with Gasteiger partial charge in [-0.3, -0.25) is 14.6 Å². The van der Waals surface area contributed by atoms with Crippen molar-refractivity contribution in [1.29, 1.82) is 0 Å². The first-order chi connectivity index (χ1) is 21.4. The van der Waals surface area contributed by atoms with Crippen molar-refractivity contribution in [3.63, 3.8) is 0 Å². The molecule has 2 atom stereocenters. The summed E-state index contributed by atoms with van der Waals surface area (Å²) in [5.41, 5.74) is 7.75. The summed E-state index contributed by atoms with van der Waals surface area (Å²) < 4.78 is 14.1. The Hall–Kier alpha value is -3.92. The highest BCUT2D eigenvalue weighted by atomic mass is 19.1. The third kappa shape index (κ3) is 8.84. The molecule has 4 rings (SSSR count). The predicted molar refractivity (Wildman–Crippen MR) is 175 cm³/mol. The highest BCUT2D eigenvalue weighted by molar-refractivity contribution is 5.95. The third-order valence-corrected chi connectivity index (χ3v) is 8.02. The number of benzene rings is 2. The first-order valence-electron chi connectivity index (χ1n) is 15.6. The average molecular weight is 618 g/mol. The minimum atomic E-state index is -1.19. The van der Waals surface area contributed by atoms with Crippen LogP contribution in [-0.2, 0) is 17.6 Å². The fraction of sp³-hybridized carbons (Fsp3) is 0.417. The van der Waals surface area contributed by atoms with Crippen LogP contribution in [-0.4, -0.2) is 76.5 Å². The van der Waals surface area contributed by atoms with Crippen LogP contribution in [0.4, 0.5) is 4.39 Å². The monoisotopic (exact) mass is 617 g/mol. The molecule has 1 aromatic heterocycles. The number of aryl methyl sites for hydroxylation is 1. The Morgan fingerprint density at radius 2 is 1.82 bits per heavy atom. The van der Waals surface area contributed by atoms with E-state index in [-0.39, 0.29) is 24.1 Å². The molecule has 3 aromatic rings. The Labute approximate surface area is 264 Å². The van der Waals surface area contributed by atoms with Crippen molar-refractivity contribution in [3.8, 4) is 22.4 Å². The minimum Gasteiger partial charge on any atom is -0.481 e. The molecule has 0 saturated carbocycles. The summed E-state index contributed by atoms with van der Waals surface area (Å²) in [4.78, 5) is 31.2. The maximum atomic E-state index is 14.1. The van der Waals surface area contributed by atoms with Gasteiger partial charge in [-0.2, -0.15) is 0 Å². The first kappa shape index (κ1) is 34.0. The molecule has 240 valence electrons. The third-order valence-electron chi connectivity index (χ3n) is 8.02. The van der Waals surface area contributed by atoms with Gasteiger partial charge < -0.3 is 25.5 Å². The van der Waals surface area contributed by atoms with E-state index in [1.807, 2.05) is 46.1 Å². The quantitative estimate of drug-likeness (QED) is 0.188. The van der Waals surface area contributed by atoms with Crippen LogP contribution in [0, 0.1) is 5.82 Å². The van der Waals surface area contributed by atoms with Crippen molar-refractivity contribution in [1.82, 2.24) is 15.2 Å². The molecule has 4 N–H and O–H groups in total. The number of carboxylic acid groups (broad SMARTS) is 1. The van der Waals surface area contributed by atoms with Gasteiger partial charge in [0, 0.05) is 29.7 Å². The Kier molecular flexibility index (Phi) is 11.6. The highest BCUT2D eigenvalue weighted by Gasteiger charge is 2.26. The lowest BCUT2D eigenvalue weighted by Gasteiger charge is -2.22. The maximum Gasteiger partial charge on any atom is 0.305 e. The standard InChI is InChI=1S/C36H44FN3O5/c1-22(2)34-31(16-14-27(41)20-28(42)21-32(43)44)33(23-9-12-26(37)13-10-23)30-8-5-7-24-19-25(11-15-29(24)35(30)39-34)36(45)38-17-6-18-40(3)4/h9-16,19,22,27-28,41-42H,5-8,17-18,20-21H2,1-4H3,(H,38,45)(H,43,44)/t27-,28-/m1/s1. The largest absolute Gasteiger partial charge is 0.481 e. The molecule has 0 saturated heterocycles. The number of aliphatic carboxylic acids is 1. The van der Waals surface area contributed by atoms with Gasteiger partial charge in [0.05, 0.1) is 30.0 Å². The second-order valence-corrected chi connectivity index (χ2v) is 12.3. The van der Waals surface area contributed by atoms with E-state index < -0.39 is 24.6 Å². The number of pyridine rings is 1.